The number of benzene rings is 2. The molecule has 0 saturated heterocycles. The second-order valence-corrected chi connectivity index (χ2v) is 17.1. The van der Waals surface area contributed by atoms with Crippen molar-refractivity contribution in [3.05, 3.63) is 64.7 Å². The van der Waals surface area contributed by atoms with Gasteiger partial charge in [-0.2, -0.15) is 26.3 Å². The van der Waals surface area contributed by atoms with Crippen molar-refractivity contribution in [3.63, 3.8) is 0 Å². The predicted molar refractivity (Wildman–Crippen MR) is 156 cm³/mol. The van der Waals surface area contributed by atoms with E-state index in [1.807, 2.05) is 12.1 Å². The molecule has 2 atom stereocenters. The van der Waals surface area contributed by atoms with Gasteiger partial charge in [0.05, 0.1) is 32.9 Å². The van der Waals surface area contributed by atoms with Crippen LogP contribution >= 0.6 is 7.92 Å². The maximum atomic E-state index is 13.9. The first kappa shape index (κ1) is 32.5. The van der Waals surface area contributed by atoms with Crippen molar-refractivity contribution in [2.24, 2.45) is 0 Å². The van der Waals surface area contributed by atoms with E-state index in [4.69, 9.17) is 0 Å². The normalized spacial score (nSPS) is 19.9. The molecule has 0 unspecified atom stereocenters. The highest BCUT2D eigenvalue weighted by molar-refractivity contribution is 7.84. The average molecular weight is 620 g/mol. The molecule has 41 heavy (non-hydrogen) atoms. The van der Waals surface area contributed by atoms with Crippen molar-refractivity contribution in [2.75, 3.05) is 0 Å². The molecule has 2 nitrogen and oxygen atoms in total. The Hall–Kier alpha value is -1.44. The molecule has 2 aromatic rings. The fourth-order valence-electron chi connectivity index (χ4n) is 6.12. The minimum absolute atomic E-state index is 0.157. The molecule has 0 bridgehead atoms. The highest BCUT2D eigenvalue weighted by Gasteiger charge is 2.40. The molecule has 0 aliphatic heterocycles. The molecule has 2 saturated carbocycles. The van der Waals surface area contributed by atoms with Gasteiger partial charge >= 0.3 is 12.4 Å². The molecule has 0 radical (unpaired) electrons. The van der Waals surface area contributed by atoms with Crippen molar-refractivity contribution in [1.29, 1.82) is 0 Å². The van der Waals surface area contributed by atoms with Crippen LogP contribution < -0.4 is 10.0 Å². The summed E-state index contributed by atoms with van der Waals surface area (Å²) in [5, 5.41) is 1.02. The Kier molecular flexibility index (Phi) is 10.3. The molecule has 2 aromatic carbocycles. The van der Waals surface area contributed by atoms with Gasteiger partial charge in [-0.3, -0.25) is 0 Å². The molecule has 0 aromatic heterocycles. The van der Waals surface area contributed by atoms with Crippen molar-refractivity contribution in [3.8, 4) is 0 Å². The first-order valence-electron chi connectivity index (χ1n) is 14.5. The van der Waals surface area contributed by atoms with Gasteiger partial charge in [-0.1, -0.05) is 70.7 Å². The van der Waals surface area contributed by atoms with Gasteiger partial charge in [0.15, 0.2) is 0 Å². The molecule has 228 valence electrons. The molecule has 0 heterocycles. The zero-order valence-corrected chi connectivity index (χ0v) is 25.6. The Balaban J connectivity index is 1.92. The van der Waals surface area contributed by atoms with Gasteiger partial charge in [-0.25, -0.2) is 8.93 Å². The lowest BCUT2D eigenvalue weighted by molar-refractivity contribution is -0.143. The lowest BCUT2D eigenvalue weighted by Crippen LogP contribution is -2.38. The Bertz CT molecular complexity index is 1150. The number of hydrogen-bond acceptors (Lipinski definition) is 1. The minimum Gasteiger partial charge on any atom is -0.242 e. The highest BCUT2D eigenvalue weighted by Crippen LogP contribution is 2.56. The summed E-state index contributed by atoms with van der Waals surface area (Å²) in [7, 11) is -2.49. The number of halogens is 6. The van der Waals surface area contributed by atoms with E-state index in [1.54, 1.807) is 32.9 Å². The van der Waals surface area contributed by atoms with Crippen LogP contribution in [0.2, 0.25) is 0 Å². The second kappa shape index (κ2) is 13.1. The van der Waals surface area contributed by atoms with E-state index in [-0.39, 0.29) is 11.6 Å². The molecule has 1 N–H and O–H groups in total. The van der Waals surface area contributed by atoms with E-state index in [0.717, 1.165) is 68.8 Å². The standard InChI is InChI=1S/C31H40F6NOPS/c1-29(2,3)41(39)38-28(21-18-22(30(32,33)34)20-23(19-21)31(35,36)37)26-16-10-11-17-27(26)40(24-12-6-4-7-13-24)25-14-8-5-9-15-25/h10-11,16-20,24-25,28,38H,4-9,12-15H2,1-3H3/t28-,41-/m1/s1. The number of hydrogen-bond donors (Lipinski definition) is 1. The average Bonchev–Trinajstić information content (AvgIpc) is 2.91. The number of nitrogens with one attached hydrogen (secondary N) is 1. The Morgan fingerprint density at radius 1 is 0.756 bits per heavy atom. The summed E-state index contributed by atoms with van der Waals surface area (Å²) >= 11 is 0. The maximum Gasteiger partial charge on any atom is 0.416 e. The summed E-state index contributed by atoms with van der Waals surface area (Å²) in [5.74, 6) is 0. The van der Waals surface area contributed by atoms with Crippen molar-refractivity contribution in [1.82, 2.24) is 4.72 Å². The summed E-state index contributed by atoms with van der Waals surface area (Å²) < 4.78 is 99.0. The van der Waals surface area contributed by atoms with Gasteiger partial charge < -0.3 is 0 Å². The largest absolute Gasteiger partial charge is 0.416 e. The third-order valence-corrected chi connectivity index (χ3v) is 13.3. The molecule has 0 amide bonds. The fraction of sp³-hybridized carbons (Fsp3) is 0.613. The molecule has 2 aliphatic carbocycles. The first-order valence-corrected chi connectivity index (χ1v) is 17.1. The Morgan fingerprint density at radius 2 is 1.22 bits per heavy atom. The van der Waals surface area contributed by atoms with E-state index in [1.165, 1.54) is 12.8 Å². The van der Waals surface area contributed by atoms with Crippen LogP contribution in [0.4, 0.5) is 26.3 Å². The third-order valence-electron chi connectivity index (χ3n) is 8.19. The molecular weight excluding hydrogens is 579 g/mol. The van der Waals surface area contributed by atoms with E-state index >= 15 is 0 Å². The topological polar surface area (TPSA) is 29.1 Å². The Labute approximate surface area is 243 Å². The fourth-order valence-corrected chi connectivity index (χ4v) is 10.9. The van der Waals surface area contributed by atoms with Crippen LogP contribution in [0.1, 0.15) is 113 Å². The predicted octanol–water partition coefficient (Wildman–Crippen LogP) is 9.64. The van der Waals surface area contributed by atoms with Crippen molar-refractivity contribution in [2.45, 2.75) is 119 Å². The molecule has 10 heteroatoms. The van der Waals surface area contributed by atoms with Gasteiger partial charge in [0.2, 0.25) is 0 Å². The summed E-state index contributed by atoms with van der Waals surface area (Å²) in [5.41, 5.74) is -1.35. The van der Waals surface area contributed by atoms with Gasteiger partial charge in [0, 0.05) is 0 Å². The smallest absolute Gasteiger partial charge is 0.242 e. The van der Waals surface area contributed by atoms with Gasteiger partial charge in [-0.05, 0) is 92.4 Å². The van der Waals surface area contributed by atoms with Crippen LogP contribution in [-0.2, 0) is 23.3 Å². The highest BCUT2D eigenvalue weighted by atomic mass is 32.2. The van der Waals surface area contributed by atoms with Crippen LogP contribution in [0, 0.1) is 0 Å². The maximum absolute atomic E-state index is 13.9. The minimum atomic E-state index is -4.97. The van der Waals surface area contributed by atoms with Crippen LogP contribution in [0.25, 0.3) is 0 Å². The van der Waals surface area contributed by atoms with Gasteiger partial charge in [0.25, 0.3) is 0 Å². The molecule has 0 spiro atoms. The lowest BCUT2D eigenvalue weighted by atomic mass is 9.95. The van der Waals surface area contributed by atoms with E-state index < -0.39 is 53.2 Å². The van der Waals surface area contributed by atoms with E-state index in [9.17, 15) is 30.6 Å². The lowest BCUT2D eigenvalue weighted by Gasteiger charge is -2.40. The monoisotopic (exact) mass is 619 g/mol. The summed E-state index contributed by atoms with van der Waals surface area (Å²) in [6, 6.07) is 8.15. The van der Waals surface area contributed by atoms with Crippen LogP contribution in [0.15, 0.2) is 42.5 Å². The van der Waals surface area contributed by atoms with Crippen molar-refractivity contribution >= 4 is 24.2 Å². The zero-order chi connectivity index (χ0) is 30.0. The first-order chi connectivity index (χ1) is 19.2. The van der Waals surface area contributed by atoms with Crippen LogP contribution in [0.3, 0.4) is 0 Å². The summed E-state index contributed by atoms with van der Waals surface area (Å²) in [6.45, 7) is 5.18. The zero-order valence-electron chi connectivity index (χ0n) is 23.9. The molecule has 4 rings (SSSR count). The quantitative estimate of drug-likeness (QED) is 0.243. The third kappa shape index (κ3) is 8.14. The van der Waals surface area contributed by atoms with Crippen molar-refractivity contribution < 1.29 is 30.6 Å². The number of rotatable bonds is 7. The molecular formula is C31H40F6NOPS. The summed E-state index contributed by atoms with van der Waals surface area (Å²) in [4.78, 5) is 0. The van der Waals surface area contributed by atoms with Gasteiger partial charge in [0.1, 0.15) is 0 Å². The van der Waals surface area contributed by atoms with Crippen LogP contribution in [0.5, 0.6) is 0 Å². The molecule has 2 aliphatic rings. The van der Waals surface area contributed by atoms with E-state index in [0.29, 0.717) is 16.9 Å². The Morgan fingerprint density at radius 3 is 1.66 bits per heavy atom. The SMILES string of the molecule is CC(C)(C)[S@@](=O)N[C@H](c1cc(C(F)(F)F)cc(C(F)(F)F)c1)c1ccccc1P(C1CCCCC1)C1CCCCC1. The van der Waals surface area contributed by atoms with Gasteiger partial charge in [-0.15, -0.1) is 0 Å². The molecule has 2 fully saturated rings. The second-order valence-electron chi connectivity index (χ2n) is 12.3. The summed E-state index contributed by atoms with van der Waals surface area (Å²) in [6.07, 6.45) is 1.32. The van der Waals surface area contributed by atoms with E-state index in [2.05, 4.69) is 4.72 Å². The number of alkyl halides is 6. The van der Waals surface area contributed by atoms with Crippen LogP contribution in [-0.4, -0.2) is 20.3 Å².